The lowest BCUT2D eigenvalue weighted by Gasteiger charge is -2.44. The van der Waals surface area contributed by atoms with Crippen molar-refractivity contribution in [1.82, 2.24) is 0 Å². The first-order valence-corrected chi connectivity index (χ1v) is 28.7. The van der Waals surface area contributed by atoms with E-state index in [2.05, 4.69) is 314 Å². The maximum atomic E-state index is 2.53. The normalized spacial score (nSPS) is 13.2. The average molecular weight is 1050 g/mol. The fourth-order valence-electron chi connectivity index (χ4n) is 13.8. The van der Waals surface area contributed by atoms with E-state index in [4.69, 9.17) is 0 Å². The van der Waals surface area contributed by atoms with Gasteiger partial charge >= 0.3 is 0 Å². The quantitative estimate of drug-likeness (QED) is 0.148. The summed E-state index contributed by atoms with van der Waals surface area (Å²) in [5.74, 6) is 0. The third-order valence-electron chi connectivity index (χ3n) is 17.7. The van der Waals surface area contributed by atoms with Crippen LogP contribution in [0.1, 0.15) is 22.3 Å². The van der Waals surface area contributed by atoms with E-state index in [0.717, 1.165) is 22.7 Å². The molecule has 0 unspecified atom stereocenters. The maximum absolute atomic E-state index is 2.53. The van der Waals surface area contributed by atoms with E-state index in [9.17, 15) is 0 Å². The third kappa shape index (κ3) is 7.55. The molecule has 0 aliphatic carbocycles. The lowest BCUT2D eigenvalue weighted by atomic mass is 9.33. The number of anilines is 12. The van der Waals surface area contributed by atoms with Crippen molar-refractivity contribution in [2.45, 2.75) is 27.7 Å². The number of benzene rings is 12. The van der Waals surface area contributed by atoms with Gasteiger partial charge in [0.2, 0.25) is 0 Å². The van der Waals surface area contributed by atoms with E-state index in [-0.39, 0.29) is 13.4 Å². The molecule has 0 N–H and O–H groups in total. The van der Waals surface area contributed by atoms with Crippen molar-refractivity contribution in [2.24, 2.45) is 0 Å². The molecule has 0 saturated heterocycles. The van der Waals surface area contributed by atoms with Crippen LogP contribution in [0.15, 0.2) is 267 Å². The highest BCUT2D eigenvalue weighted by atomic mass is 15.2. The molecule has 0 spiro atoms. The van der Waals surface area contributed by atoms with Crippen molar-refractivity contribution in [1.29, 1.82) is 0 Å². The second-order valence-electron chi connectivity index (χ2n) is 22.8. The Morgan fingerprint density at radius 2 is 0.585 bits per heavy atom. The highest BCUT2D eigenvalue weighted by molar-refractivity contribution is 7.01. The van der Waals surface area contributed by atoms with Crippen LogP contribution in [0.25, 0.3) is 33.4 Å². The fraction of sp³-hybridized carbons (Fsp3) is 0.0526. The first kappa shape index (κ1) is 47.9. The summed E-state index contributed by atoms with van der Waals surface area (Å²) in [4.78, 5) is 10.0. The van der Waals surface area contributed by atoms with Crippen molar-refractivity contribution < 1.29 is 0 Å². The van der Waals surface area contributed by atoms with Crippen LogP contribution in [0.4, 0.5) is 68.2 Å². The van der Waals surface area contributed by atoms with Crippen LogP contribution >= 0.6 is 0 Å². The summed E-state index contributed by atoms with van der Waals surface area (Å²) < 4.78 is 0. The van der Waals surface area contributed by atoms with Crippen molar-refractivity contribution in [3.8, 4) is 33.4 Å². The standard InChI is InChI=1S/C76H56B2N4/c1-49-22-35-60(36-23-49)81-68-42-27-51(3)44-65(68)78-64-41-26-52(4)45-72(64)82(61-37-24-50(2)25-38-61)74-48-58(47-73(81)76(74)78)56-30-28-55(29-31-56)57-34-43-69-66(46-57)77-63-18-11-12-19-67(63)79(59-16-9-6-10-17-59)70-20-13-21-71(75(70)77)80(69)62-39-32-54(33-40-62)53-14-7-5-8-15-53/h5-48H,1-4H3. The van der Waals surface area contributed by atoms with Gasteiger partial charge in [0.1, 0.15) is 0 Å². The lowest BCUT2D eigenvalue weighted by molar-refractivity contribution is 1.24. The second-order valence-corrected chi connectivity index (χ2v) is 22.8. The number of hydrogen-bond acceptors (Lipinski definition) is 4. The van der Waals surface area contributed by atoms with Crippen LogP contribution in [0.2, 0.25) is 0 Å². The summed E-state index contributed by atoms with van der Waals surface area (Å²) in [6.07, 6.45) is 0. The predicted octanol–water partition coefficient (Wildman–Crippen LogP) is 16.1. The third-order valence-corrected chi connectivity index (χ3v) is 17.7. The Balaban J connectivity index is 0.861. The number of nitrogens with zero attached hydrogens (tertiary/aromatic N) is 4. The Bertz CT molecular complexity index is 4500. The molecule has 0 saturated carbocycles. The molecular weight excluding hydrogens is 990 g/mol. The molecule has 16 rings (SSSR count). The summed E-state index contributed by atoms with van der Waals surface area (Å²) in [5, 5.41) is 0. The minimum atomic E-state index is 0.00337. The molecule has 0 atom stereocenters. The number of fused-ring (bicyclic) bond motifs is 8. The van der Waals surface area contributed by atoms with Gasteiger partial charge in [0.25, 0.3) is 13.4 Å². The maximum Gasteiger partial charge on any atom is 0.252 e. The molecule has 4 aliphatic rings. The molecule has 6 heteroatoms. The number of aryl methyl sites for hydroxylation is 4. The Morgan fingerprint density at radius 3 is 1.22 bits per heavy atom. The minimum absolute atomic E-state index is 0.00337. The molecule has 0 bridgehead atoms. The average Bonchev–Trinajstić information content (AvgIpc) is 1.37. The molecule has 4 aliphatic heterocycles. The van der Waals surface area contributed by atoms with Crippen molar-refractivity contribution >= 4 is 114 Å². The summed E-state index contributed by atoms with van der Waals surface area (Å²) in [5.41, 5.74) is 34.2. The Labute approximate surface area is 481 Å². The Kier molecular flexibility index (Phi) is 11.0. The molecule has 12 aromatic rings. The van der Waals surface area contributed by atoms with Crippen LogP contribution in [-0.4, -0.2) is 13.4 Å². The zero-order valence-electron chi connectivity index (χ0n) is 46.3. The fourth-order valence-corrected chi connectivity index (χ4v) is 13.8. The second kappa shape index (κ2) is 18.8. The predicted molar refractivity (Wildman–Crippen MR) is 350 cm³/mol. The summed E-state index contributed by atoms with van der Waals surface area (Å²) in [7, 11) is 0. The SMILES string of the molecule is Cc1ccc(N2c3ccc(C)cc3B3c4ccc(C)cc4N(c4ccc(C)cc4)c4cc(-c5ccc(-c6ccc7c(c6)B6c8ccccc8N(c8ccccc8)c8cccc(c86)N7c6ccc(-c7ccccc7)cc6)cc5)cc2c43)cc1. The summed E-state index contributed by atoms with van der Waals surface area (Å²) in [6.45, 7) is 8.84. The lowest BCUT2D eigenvalue weighted by Crippen LogP contribution is -2.61. The van der Waals surface area contributed by atoms with E-state index in [1.165, 1.54) is 134 Å². The minimum Gasteiger partial charge on any atom is -0.311 e. The van der Waals surface area contributed by atoms with Crippen molar-refractivity contribution in [2.75, 3.05) is 19.6 Å². The van der Waals surface area contributed by atoms with Crippen molar-refractivity contribution in [3.05, 3.63) is 289 Å². The topological polar surface area (TPSA) is 13.0 Å². The van der Waals surface area contributed by atoms with Crippen LogP contribution in [0.3, 0.4) is 0 Å². The molecule has 4 heterocycles. The molecule has 82 heavy (non-hydrogen) atoms. The molecule has 0 amide bonds. The number of rotatable bonds is 7. The van der Waals surface area contributed by atoms with E-state index in [0.29, 0.717) is 0 Å². The van der Waals surface area contributed by atoms with Gasteiger partial charge < -0.3 is 19.6 Å². The van der Waals surface area contributed by atoms with Gasteiger partial charge in [-0.1, -0.05) is 187 Å². The molecule has 0 radical (unpaired) electrons. The van der Waals surface area contributed by atoms with E-state index < -0.39 is 0 Å². The molecular formula is C76H56B2N4. The van der Waals surface area contributed by atoms with Gasteiger partial charge in [-0.05, 0) is 196 Å². The zero-order valence-corrected chi connectivity index (χ0v) is 46.3. The highest BCUT2D eigenvalue weighted by Gasteiger charge is 2.45. The number of hydrogen-bond donors (Lipinski definition) is 0. The highest BCUT2D eigenvalue weighted by Crippen LogP contribution is 2.48. The monoisotopic (exact) mass is 1050 g/mol. The zero-order chi connectivity index (χ0) is 54.7. The summed E-state index contributed by atoms with van der Waals surface area (Å²) >= 11 is 0. The largest absolute Gasteiger partial charge is 0.311 e. The van der Waals surface area contributed by atoms with Crippen LogP contribution in [0, 0.1) is 27.7 Å². The molecule has 0 fully saturated rings. The van der Waals surface area contributed by atoms with Crippen molar-refractivity contribution in [3.63, 3.8) is 0 Å². The van der Waals surface area contributed by atoms with E-state index in [1.54, 1.807) is 0 Å². The Hall–Kier alpha value is -10.0. The summed E-state index contributed by atoms with van der Waals surface area (Å²) in [6, 6.07) is 100. The first-order valence-electron chi connectivity index (χ1n) is 28.7. The van der Waals surface area contributed by atoms with Crippen LogP contribution in [-0.2, 0) is 0 Å². The molecule has 12 aromatic carbocycles. The van der Waals surface area contributed by atoms with E-state index in [1.807, 2.05) is 0 Å². The van der Waals surface area contributed by atoms with E-state index >= 15 is 0 Å². The van der Waals surface area contributed by atoms with Gasteiger partial charge in [-0.15, -0.1) is 0 Å². The molecule has 0 aromatic heterocycles. The smallest absolute Gasteiger partial charge is 0.252 e. The van der Waals surface area contributed by atoms with Gasteiger partial charge in [0.15, 0.2) is 0 Å². The first-order chi connectivity index (χ1) is 40.3. The van der Waals surface area contributed by atoms with Gasteiger partial charge in [-0.3, -0.25) is 0 Å². The molecule has 386 valence electrons. The van der Waals surface area contributed by atoms with Gasteiger partial charge in [0, 0.05) is 68.2 Å². The van der Waals surface area contributed by atoms with Crippen LogP contribution in [0.5, 0.6) is 0 Å². The van der Waals surface area contributed by atoms with Gasteiger partial charge in [0.05, 0.1) is 0 Å². The van der Waals surface area contributed by atoms with Gasteiger partial charge in [-0.2, -0.15) is 0 Å². The number of para-hydroxylation sites is 2. The van der Waals surface area contributed by atoms with Gasteiger partial charge in [-0.25, -0.2) is 0 Å². The Morgan fingerprint density at radius 1 is 0.207 bits per heavy atom. The van der Waals surface area contributed by atoms with Crippen LogP contribution < -0.4 is 52.4 Å². The molecule has 4 nitrogen and oxygen atoms in total.